The highest BCUT2D eigenvalue weighted by molar-refractivity contribution is 7.94. The van der Waals surface area contributed by atoms with Crippen LogP contribution in [0.2, 0.25) is 0 Å². The topological polar surface area (TPSA) is 46.5 Å². The van der Waals surface area contributed by atoms with Crippen molar-refractivity contribution in [1.82, 2.24) is 0 Å². The average molecular weight is 251 g/mol. The molecule has 3 nitrogen and oxygen atoms in total. The van der Waals surface area contributed by atoms with E-state index in [1.165, 1.54) is 18.2 Å². The van der Waals surface area contributed by atoms with Gasteiger partial charge in [-0.05, 0) is 12.1 Å². The number of hydrogen-bond acceptors (Lipinski definition) is 2. The Bertz CT molecular complexity index is 501. The molecule has 0 bridgehead atoms. The molecule has 1 amide bonds. The lowest BCUT2D eigenvalue weighted by Gasteiger charge is -2.12. The van der Waals surface area contributed by atoms with Crippen LogP contribution in [0.15, 0.2) is 39.6 Å². The molecule has 1 unspecified atom stereocenters. The molecular formula is C9H8F3NO2S. The molecule has 1 aromatic rings. The maximum Gasteiger partial charge on any atom is 0.484 e. The van der Waals surface area contributed by atoms with E-state index in [0.29, 0.717) is 0 Å². The zero-order chi connectivity index (χ0) is 12.4. The summed E-state index contributed by atoms with van der Waals surface area (Å²) < 4.78 is 52.3. The number of nitrogens with zero attached hydrogens (tertiary/aromatic N) is 1. The van der Waals surface area contributed by atoms with E-state index in [4.69, 9.17) is 0 Å². The maximum absolute atomic E-state index is 12.6. The number of alkyl halides is 3. The van der Waals surface area contributed by atoms with E-state index in [-0.39, 0.29) is 0 Å². The first-order chi connectivity index (χ1) is 7.27. The molecule has 1 aromatic carbocycles. The summed E-state index contributed by atoms with van der Waals surface area (Å²) in [6, 6.07) is 6.14. The van der Waals surface area contributed by atoms with Crippen LogP contribution in [-0.2, 0) is 14.5 Å². The normalized spacial score (nSPS) is 15.2. The highest BCUT2D eigenvalue weighted by Crippen LogP contribution is 2.32. The van der Waals surface area contributed by atoms with Gasteiger partial charge < -0.3 is 0 Å². The second-order valence-electron chi connectivity index (χ2n) is 2.89. The Kier molecular flexibility index (Phi) is 3.37. The maximum atomic E-state index is 12.6. The molecule has 1 rings (SSSR count). The summed E-state index contributed by atoms with van der Waals surface area (Å²) in [6.07, 6.45) is 0. The van der Waals surface area contributed by atoms with E-state index in [1.54, 1.807) is 0 Å². The third-order valence-corrected chi connectivity index (χ3v) is 3.69. The number of carbonyl (C=O) groups excluding carboxylic acids is 1. The molecule has 0 aliphatic rings. The predicted octanol–water partition coefficient (Wildman–Crippen LogP) is 2.58. The van der Waals surface area contributed by atoms with Gasteiger partial charge in [0, 0.05) is 6.92 Å². The molecule has 0 spiro atoms. The molecule has 88 valence electrons. The van der Waals surface area contributed by atoms with Crippen LogP contribution in [0.25, 0.3) is 0 Å². The fourth-order valence-corrected chi connectivity index (χ4v) is 2.39. The van der Waals surface area contributed by atoms with Crippen LogP contribution >= 0.6 is 0 Å². The van der Waals surface area contributed by atoms with Crippen molar-refractivity contribution in [3.63, 3.8) is 0 Å². The van der Waals surface area contributed by atoms with Crippen molar-refractivity contribution in [2.45, 2.75) is 17.3 Å². The van der Waals surface area contributed by atoms with Crippen molar-refractivity contribution >= 4 is 15.6 Å². The van der Waals surface area contributed by atoms with Crippen molar-refractivity contribution in [3.8, 4) is 0 Å². The minimum Gasteiger partial charge on any atom is -0.272 e. The highest BCUT2D eigenvalue weighted by Gasteiger charge is 2.45. The van der Waals surface area contributed by atoms with Gasteiger partial charge >= 0.3 is 5.51 Å². The summed E-state index contributed by atoms with van der Waals surface area (Å²) in [6.45, 7) is 0.828. The number of amides is 1. The molecule has 0 aliphatic carbocycles. The minimum atomic E-state index is -5.07. The van der Waals surface area contributed by atoms with Gasteiger partial charge in [-0.15, -0.1) is 0 Å². The molecule has 0 saturated carbocycles. The largest absolute Gasteiger partial charge is 0.484 e. The lowest BCUT2D eigenvalue weighted by molar-refractivity contribution is -0.115. The van der Waals surface area contributed by atoms with Crippen molar-refractivity contribution in [2.75, 3.05) is 0 Å². The molecule has 7 heteroatoms. The SMILES string of the molecule is CC(=O)N=S(=O)(c1ccccc1)C(F)(F)F. The number of carbonyl (C=O) groups is 1. The van der Waals surface area contributed by atoms with Gasteiger partial charge in [0.15, 0.2) is 9.73 Å². The third-order valence-electron chi connectivity index (χ3n) is 1.63. The fraction of sp³-hybridized carbons (Fsp3) is 0.222. The third kappa shape index (κ3) is 2.41. The molecule has 1 atom stereocenters. The number of halogens is 3. The molecule has 0 fully saturated rings. The molecule has 0 N–H and O–H groups in total. The van der Waals surface area contributed by atoms with E-state index < -0.39 is 26.0 Å². The van der Waals surface area contributed by atoms with Crippen LogP contribution in [0.5, 0.6) is 0 Å². The first-order valence-corrected chi connectivity index (χ1v) is 5.68. The Morgan fingerprint density at radius 1 is 1.25 bits per heavy atom. The summed E-state index contributed by atoms with van der Waals surface area (Å²) in [5.74, 6) is -1.12. The predicted molar refractivity (Wildman–Crippen MR) is 52.0 cm³/mol. The summed E-state index contributed by atoms with van der Waals surface area (Å²) in [7, 11) is -4.71. The number of rotatable bonds is 1. The van der Waals surface area contributed by atoms with Gasteiger partial charge in [0.2, 0.25) is 0 Å². The zero-order valence-electron chi connectivity index (χ0n) is 8.19. The van der Waals surface area contributed by atoms with Crippen LogP contribution < -0.4 is 0 Å². The lowest BCUT2D eigenvalue weighted by Crippen LogP contribution is -2.24. The van der Waals surface area contributed by atoms with Gasteiger partial charge in [-0.1, -0.05) is 18.2 Å². The summed E-state index contributed by atoms with van der Waals surface area (Å²) in [5, 5.41) is 0. The van der Waals surface area contributed by atoms with E-state index in [9.17, 15) is 22.2 Å². The fourth-order valence-electron chi connectivity index (χ4n) is 1.02. The smallest absolute Gasteiger partial charge is 0.272 e. The van der Waals surface area contributed by atoms with Crippen molar-refractivity contribution < 1.29 is 22.2 Å². The van der Waals surface area contributed by atoms with Gasteiger partial charge in [-0.3, -0.25) is 4.79 Å². The number of benzene rings is 1. The van der Waals surface area contributed by atoms with Crippen LogP contribution in [0.3, 0.4) is 0 Å². The van der Waals surface area contributed by atoms with Crippen molar-refractivity contribution in [1.29, 1.82) is 0 Å². The standard InChI is InChI=1S/C9H8F3NO2S/c1-7(14)13-16(15,9(10,11)12)8-5-3-2-4-6-8/h2-6H,1H3. The summed E-state index contributed by atoms with van der Waals surface area (Å²) >= 11 is 0. The minimum absolute atomic E-state index is 0.516. The second kappa shape index (κ2) is 4.25. The van der Waals surface area contributed by atoms with E-state index in [1.807, 2.05) is 0 Å². The summed E-state index contributed by atoms with van der Waals surface area (Å²) in [5.41, 5.74) is -5.07. The molecule has 0 saturated heterocycles. The van der Waals surface area contributed by atoms with Crippen molar-refractivity contribution in [2.24, 2.45) is 4.36 Å². The lowest BCUT2D eigenvalue weighted by atomic mass is 10.4. The Morgan fingerprint density at radius 2 is 1.75 bits per heavy atom. The highest BCUT2D eigenvalue weighted by atomic mass is 32.2. The molecule has 0 heterocycles. The quantitative estimate of drug-likeness (QED) is 0.770. The Balaban J connectivity index is 3.52. The van der Waals surface area contributed by atoms with Gasteiger partial charge in [0.1, 0.15) is 0 Å². The molecule has 0 radical (unpaired) electrons. The van der Waals surface area contributed by atoms with Crippen LogP contribution in [0.1, 0.15) is 6.92 Å². The Hall–Kier alpha value is -1.37. The Labute approximate surface area is 90.5 Å². The van der Waals surface area contributed by atoms with Gasteiger partial charge in [-0.2, -0.15) is 17.5 Å². The summed E-state index contributed by atoms with van der Waals surface area (Å²) in [4.78, 5) is 10.1. The van der Waals surface area contributed by atoms with E-state index >= 15 is 0 Å². The van der Waals surface area contributed by atoms with Gasteiger partial charge in [-0.25, -0.2) is 4.21 Å². The molecular weight excluding hydrogens is 243 g/mol. The zero-order valence-corrected chi connectivity index (χ0v) is 9.01. The first-order valence-electron chi connectivity index (χ1n) is 4.16. The monoisotopic (exact) mass is 251 g/mol. The van der Waals surface area contributed by atoms with Gasteiger partial charge in [0.05, 0.1) is 4.90 Å². The molecule has 0 aromatic heterocycles. The van der Waals surface area contributed by atoms with Crippen molar-refractivity contribution in [3.05, 3.63) is 30.3 Å². The molecule has 16 heavy (non-hydrogen) atoms. The van der Waals surface area contributed by atoms with E-state index in [2.05, 4.69) is 4.36 Å². The van der Waals surface area contributed by atoms with Gasteiger partial charge in [0.25, 0.3) is 5.91 Å². The Morgan fingerprint density at radius 3 is 2.12 bits per heavy atom. The number of hydrogen-bond donors (Lipinski definition) is 0. The van der Waals surface area contributed by atoms with E-state index in [0.717, 1.165) is 19.1 Å². The second-order valence-corrected chi connectivity index (χ2v) is 5.06. The van der Waals surface area contributed by atoms with Crippen LogP contribution in [-0.4, -0.2) is 15.6 Å². The average Bonchev–Trinajstić information content (AvgIpc) is 2.16. The first kappa shape index (κ1) is 12.7. The molecule has 0 aliphatic heterocycles. The van der Waals surface area contributed by atoms with Crippen LogP contribution in [0, 0.1) is 0 Å². The van der Waals surface area contributed by atoms with Crippen LogP contribution in [0.4, 0.5) is 13.2 Å².